The summed E-state index contributed by atoms with van der Waals surface area (Å²) >= 11 is 0. The van der Waals surface area contributed by atoms with Crippen molar-refractivity contribution in [2.45, 2.75) is 26.4 Å². The van der Waals surface area contributed by atoms with Crippen LogP contribution < -0.4 is 5.73 Å². The molecule has 0 amide bonds. The van der Waals surface area contributed by atoms with Crippen molar-refractivity contribution in [2.24, 2.45) is 17.1 Å². The average molecular weight is 143 g/mol. The van der Waals surface area contributed by atoms with Crippen molar-refractivity contribution in [3.63, 3.8) is 0 Å². The van der Waals surface area contributed by atoms with Gasteiger partial charge in [-0.25, -0.2) is 0 Å². The molecule has 0 aromatic heterocycles. The monoisotopic (exact) mass is 143 g/mol. The molecule has 1 aliphatic carbocycles. The Morgan fingerprint density at radius 2 is 2.40 bits per heavy atom. The quantitative estimate of drug-likeness (QED) is 0.640. The molecule has 0 aromatic rings. The van der Waals surface area contributed by atoms with Gasteiger partial charge in [0.05, 0.1) is 6.10 Å². The molecular weight excluding hydrogens is 126 g/mol. The average Bonchev–Trinajstić information content (AvgIpc) is 2.61. The molecule has 2 heteroatoms. The summed E-state index contributed by atoms with van der Waals surface area (Å²) in [5.74, 6) is 0.697. The van der Waals surface area contributed by atoms with Gasteiger partial charge in [0.15, 0.2) is 0 Å². The molecule has 3 unspecified atom stereocenters. The van der Waals surface area contributed by atoms with Gasteiger partial charge in [-0.15, -0.1) is 0 Å². The van der Waals surface area contributed by atoms with Gasteiger partial charge in [0.25, 0.3) is 0 Å². The van der Waals surface area contributed by atoms with Crippen LogP contribution in [0.4, 0.5) is 0 Å². The van der Waals surface area contributed by atoms with E-state index >= 15 is 0 Å². The number of rotatable bonds is 3. The van der Waals surface area contributed by atoms with Crippen LogP contribution in [-0.4, -0.2) is 19.8 Å². The van der Waals surface area contributed by atoms with Crippen molar-refractivity contribution < 1.29 is 4.74 Å². The van der Waals surface area contributed by atoms with Gasteiger partial charge in [0.2, 0.25) is 0 Å². The first-order chi connectivity index (χ1) is 4.65. The predicted molar refractivity (Wildman–Crippen MR) is 41.7 cm³/mol. The minimum atomic E-state index is 0.362. The molecular formula is C8H17NO. The van der Waals surface area contributed by atoms with E-state index in [4.69, 9.17) is 10.5 Å². The van der Waals surface area contributed by atoms with Crippen LogP contribution in [0, 0.1) is 11.3 Å². The molecule has 1 saturated carbocycles. The number of hydrogen-bond acceptors (Lipinski definition) is 2. The molecule has 2 nitrogen and oxygen atoms in total. The van der Waals surface area contributed by atoms with Crippen molar-refractivity contribution in [1.29, 1.82) is 0 Å². The van der Waals surface area contributed by atoms with E-state index in [1.165, 1.54) is 6.42 Å². The Morgan fingerprint density at radius 3 is 2.70 bits per heavy atom. The van der Waals surface area contributed by atoms with Crippen LogP contribution >= 0.6 is 0 Å². The zero-order valence-corrected chi connectivity index (χ0v) is 7.05. The van der Waals surface area contributed by atoms with E-state index in [2.05, 4.69) is 13.8 Å². The summed E-state index contributed by atoms with van der Waals surface area (Å²) in [5.41, 5.74) is 5.92. The molecule has 0 aromatic carbocycles. The highest BCUT2D eigenvalue weighted by molar-refractivity contribution is 5.02. The fourth-order valence-corrected chi connectivity index (χ4v) is 1.59. The molecule has 0 heterocycles. The van der Waals surface area contributed by atoms with Crippen molar-refractivity contribution in [3.8, 4) is 0 Å². The molecule has 10 heavy (non-hydrogen) atoms. The SMILES string of the molecule is COC(C)C1(C)CC1CN. The lowest BCUT2D eigenvalue weighted by Crippen LogP contribution is -2.22. The number of hydrogen-bond donors (Lipinski definition) is 1. The highest BCUT2D eigenvalue weighted by atomic mass is 16.5. The van der Waals surface area contributed by atoms with E-state index in [9.17, 15) is 0 Å². The van der Waals surface area contributed by atoms with Gasteiger partial charge in [-0.05, 0) is 31.2 Å². The van der Waals surface area contributed by atoms with Crippen LogP contribution in [-0.2, 0) is 4.74 Å². The second kappa shape index (κ2) is 2.51. The molecule has 0 radical (unpaired) electrons. The largest absolute Gasteiger partial charge is 0.381 e. The minimum Gasteiger partial charge on any atom is -0.381 e. The first-order valence-corrected chi connectivity index (χ1v) is 3.88. The van der Waals surface area contributed by atoms with Gasteiger partial charge < -0.3 is 10.5 Å². The van der Waals surface area contributed by atoms with Crippen molar-refractivity contribution in [1.82, 2.24) is 0 Å². The fraction of sp³-hybridized carbons (Fsp3) is 1.00. The molecule has 0 bridgehead atoms. The second-order valence-corrected chi connectivity index (χ2v) is 3.52. The molecule has 0 spiro atoms. The lowest BCUT2D eigenvalue weighted by atomic mass is 10.0. The van der Waals surface area contributed by atoms with Gasteiger partial charge in [-0.2, -0.15) is 0 Å². The van der Waals surface area contributed by atoms with Crippen molar-refractivity contribution in [3.05, 3.63) is 0 Å². The zero-order valence-electron chi connectivity index (χ0n) is 7.05. The molecule has 1 aliphatic rings. The normalized spacial score (nSPS) is 41.4. The standard InChI is InChI=1S/C8H17NO/c1-6(10-3)8(2)4-7(8)5-9/h6-7H,4-5,9H2,1-3H3. The van der Waals surface area contributed by atoms with E-state index in [1.54, 1.807) is 7.11 Å². The van der Waals surface area contributed by atoms with Crippen LogP contribution in [0.5, 0.6) is 0 Å². The number of ether oxygens (including phenoxy) is 1. The van der Waals surface area contributed by atoms with Crippen LogP contribution in [0.2, 0.25) is 0 Å². The highest BCUT2D eigenvalue weighted by Gasteiger charge is 2.52. The molecule has 3 atom stereocenters. The smallest absolute Gasteiger partial charge is 0.0600 e. The minimum absolute atomic E-state index is 0.362. The Morgan fingerprint density at radius 1 is 1.80 bits per heavy atom. The third-order valence-corrected chi connectivity index (χ3v) is 3.03. The highest BCUT2D eigenvalue weighted by Crippen LogP contribution is 2.54. The third-order valence-electron chi connectivity index (χ3n) is 3.03. The van der Waals surface area contributed by atoms with Gasteiger partial charge in [-0.3, -0.25) is 0 Å². The van der Waals surface area contributed by atoms with Crippen LogP contribution in [0.1, 0.15) is 20.3 Å². The first-order valence-electron chi connectivity index (χ1n) is 3.88. The van der Waals surface area contributed by atoms with E-state index in [0.29, 0.717) is 17.4 Å². The zero-order chi connectivity index (χ0) is 7.78. The molecule has 2 N–H and O–H groups in total. The Kier molecular flexibility index (Phi) is 2.02. The van der Waals surface area contributed by atoms with Gasteiger partial charge >= 0.3 is 0 Å². The molecule has 0 aliphatic heterocycles. The summed E-state index contributed by atoms with van der Waals surface area (Å²) in [5, 5.41) is 0. The summed E-state index contributed by atoms with van der Waals surface area (Å²) in [6.45, 7) is 5.18. The summed E-state index contributed by atoms with van der Waals surface area (Å²) in [6.07, 6.45) is 1.60. The fourth-order valence-electron chi connectivity index (χ4n) is 1.59. The predicted octanol–water partition coefficient (Wildman–Crippen LogP) is 1.01. The van der Waals surface area contributed by atoms with E-state index in [-0.39, 0.29) is 0 Å². The maximum atomic E-state index is 5.55. The lowest BCUT2D eigenvalue weighted by molar-refractivity contribution is 0.0558. The summed E-state index contributed by atoms with van der Waals surface area (Å²) < 4.78 is 5.25. The van der Waals surface area contributed by atoms with Gasteiger partial charge in [-0.1, -0.05) is 6.92 Å². The van der Waals surface area contributed by atoms with Gasteiger partial charge in [0, 0.05) is 7.11 Å². The van der Waals surface area contributed by atoms with Crippen LogP contribution in [0.15, 0.2) is 0 Å². The third kappa shape index (κ3) is 1.06. The molecule has 0 saturated heterocycles. The second-order valence-electron chi connectivity index (χ2n) is 3.52. The van der Waals surface area contributed by atoms with E-state index < -0.39 is 0 Å². The number of methoxy groups -OCH3 is 1. The maximum absolute atomic E-state index is 5.55. The Labute approximate surface area is 62.7 Å². The molecule has 1 fully saturated rings. The maximum Gasteiger partial charge on any atom is 0.0600 e. The van der Waals surface area contributed by atoms with Crippen LogP contribution in [0.3, 0.4) is 0 Å². The molecule has 1 rings (SSSR count). The Balaban J connectivity index is 2.42. The summed E-state index contributed by atoms with van der Waals surface area (Å²) in [6, 6.07) is 0. The van der Waals surface area contributed by atoms with Crippen molar-refractivity contribution in [2.75, 3.05) is 13.7 Å². The molecule has 60 valence electrons. The van der Waals surface area contributed by atoms with Crippen molar-refractivity contribution >= 4 is 0 Å². The summed E-state index contributed by atoms with van der Waals surface area (Å²) in [7, 11) is 1.77. The van der Waals surface area contributed by atoms with E-state index in [0.717, 1.165) is 6.54 Å². The Hall–Kier alpha value is -0.0800. The van der Waals surface area contributed by atoms with Gasteiger partial charge in [0.1, 0.15) is 0 Å². The van der Waals surface area contributed by atoms with E-state index in [1.807, 2.05) is 0 Å². The first kappa shape index (κ1) is 8.02. The lowest BCUT2D eigenvalue weighted by Gasteiger charge is -2.18. The number of nitrogens with two attached hydrogens (primary N) is 1. The van der Waals surface area contributed by atoms with Crippen LogP contribution in [0.25, 0.3) is 0 Å². The summed E-state index contributed by atoms with van der Waals surface area (Å²) in [4.78, 5) is 0. The Bertz CT molecular complexity index is 126. The topological polar surface area (TPSA) is 35.2 Å².